The summed E-state index contributed by atoms with van der Waals surface area (Å²) in [6, 6.07) is 14.6. The second kappa shape index (κ2) is 8.98. The molecule has 0 fully saturated rings. The Labute approximate surface area is 172 Å². The number of carbonyl (C=O) groups excluding carboxylic acids is 1. The van der Waals surface area contributed by atoms with Crippen molar-refractivity contribution in [2.45, 2.75) is 32.9 Å². The van der Waals surface area contributed by atoms with Crippen LogP contribution in [0.2, 0.25) is 0 Å². The third-order valence-corrected chi connectivity index (χ3v) is 4.40. The highest BCUT2D eigenvalue weighted by Gasteiger charge is 2.30. The van der Waals surface area contributed by atoms with Gasteiger partial charge >= 0.3 is 6.18 Å². The van der Waals surface area contributed by atoms with Crippen LogP contribution in [0.4, 0.5) is 18.9 Å². The fourth-order valence-corrected chi connectivity index (χ4v) is 2.93. The van der Waals surface area contributed by atoms with Gasteiger partial charge in [-0.05, 0) is 67.9 Å². The normalized spacial score (nSPS) is 11.2. The molecular weight excluding hydrogens is 393 g/mol. The van der Waals surface area contributed by atoms with Crippen molar-refractivity contribution in [2.75, 3.05) is 5.32 Å². The average Bonchev–Trinajstić information content (AvgIpc) is 2.69. The molecule has 0 bridgehead atoms. The number of halogens is 3. The molecule has 30 heavy (non-hydrogen) atoms. The third kappa shape index (κ3) is 5.37. The monoisotopic (exact) mass is 414 g/mol. The summed E-state index contributed by atoms with van der Waals surface area (Å²) in [5.41, 5.74) is 1.84. The van der Waals surface area contributed by atoms with Gasteiger partial charge in [-0.15, -0.1) is 0 Å². The summed E-state index contributed by atoms with van der Waals surface area (Å²) >= 11 is 0. The van der Waals surface area contributed by atoms with Crippen LogP contribution < -0.4 is 10.1 Å². The minimum atomic E-state index is -4.44. The molecule has 0 aliphatic rings. The van der Waals surface area contributed by atoms with Gasteiger partial charge in [-0.1, -0.05) is 19.4 Å². The Hall–Kier alpha value is -3.35. The number of nitrogens with zero attached hydrogens (tertiary/aromatic N) is 1. The summed E-state index contributed by atoms with van der Waals surface area (Å²) in [5.74, 6) is 0.152. The lowest BCUT2D eigenvalue weighted by Crippen LogP contribution is -2.14. The van der Waals surface area contributed by atoms with E-state index in [1.807, 2.05) is 6.07 Å². The summed E-state index contributed by atoms with van der Waals surface area (Å²) in [6.45, 7) is 3.86. The molecule has 3 aromatic rings. The third-order valence-electron chi connectivity index (χ3n) is 4.40. The largest absolute Gasteiger partial charge is 0.457 e. The van der Waals surface area contributed by atoms with Gasteiger partial charge in [-0.2, -0.15) is 13.2 Å². The van der Waals surface area contributed by atoms with Crippen LogP contribution in [-0.2, 0) is 12.6 Å². The van der Waals surface area contributed by atoms with Gasteiger partial charge in [0.1, 0.15) is 11.5 Å². The zero-order chi connectivity index (χ0) is 21.7. The van der Waals surface area contributed by atoms with Crippen molar-refractivity contribution in [3.63, 3.8) is 0 Å². The Bertz CT molecular complexity index is 1030. The lowest BCUT2D eigenvalue weighted by Gasteiger charge is -2.11. The minimum Gasteiger partial charge on any atom is -0.457 e. The van der Waals surface area contributed by atoms with Crippen molar-refractivity contribution < 1.29 is 22.7 Å². The molecule has 1 aromatic heterocycles. The van der Waals surface area contributed by atoms with E-state index in [0.717, 1.165) is 30.7 Å². The van der Waals surface area contributed by atoms with E-state index in [9.17, 15) is 18.0 Å². The number of aryl methyl sites for hydroxylation is 2. The average molecular weight is 414 g/mol. The Kier molecular flexibility index (Phi) is 6.40. The summed E-state index contributed by atoms with van der Waals surface area (Å²) in [7, 11) is 0. The van der Waals surface area contributed by atoms with E-state index < -0.39 is 11.7 Å². The molecule has 0 atom stereocenters. The van der Waals surface area contributed by atoms with Gasteiger partial charge in [-0.25, -0.2) is 0 Å². The number of anilines is 1. The second-order valence-electron chi connectivity index (χ2n) is 6.79. The first kappa shape index (κ1) is 21.4. The maximum Gasteiger partial charge on any atom is 0.416 e. The second-order valence-corrected chi connectivity index (χ2v) is 6.79. The number of ether oxygens (including phenoxy) is 1. The number of nitrogens with one attached hydrogen (secondary N) is 1. The molecule has 7 heteroatoms. The Balaban J connectivity index is 1.67. The highest BCUT2D eigenvalue weighted by molar-refractivity contribution is 6.05. The van der Waals surface area contributed by atoms with Crippen molar-refractivity contribution >= 4 is 11.6 Å². The van der Waals surface area contributed by atoms with Crippen LogP contribution in [-0.4, -0.2) is 10.9 Å². The first-order chi connectivity index (χ1) is 14.3. The molecule has 0 saturated heterocycles. The van der Waals surface area contributed by atoms with Gasteiger partial charge in [0.05, 0.1) is 16.8 Å². The van der Waals surface area contributed by atoms with E-state index in [1.165, 1.54) is 12.1 Å². The van der Waals surface area contributed by atoms with Gasteiger partial charge in [0.15, 0.2) is 0 Å². The SMILES string of the molecule is CCCc1ccc(C(=O)Nc2ccc(Oc3cccc(C(F)(F)F)c3)cc2)c(C)n1. The lowest BCUT2D eigenvalue weighted by molar-refractivity contribution is -0.137. The number of carbonyl (C=O) groups is 1. The molecule has 0 spiro atoms. The molecule has 0 aliphatic heterocycles. The molecular formula is C23H21F3N2O2. The molecule has 0 unspecified atom stereocenters. The predicted octanol–water partition coefficient (Wildman–Crippen LogP) is 6.41. The van der Waals surface area contributed by atoms with E-state index >= 15 is 0 Å². The number of alkyl halides is 3. The summed E-state index contributed by atoms with van der Waals surface area (Å²) in [6.07, 6.45) is -2.60. The number of pyridine rings is 1. The molecule has 3 rings (SSSR count). The van der Waals surface area contributed by atoms with Crippen LogP contribution in [0.5, 0.6) is 11.5 Å². The van der Waals surface area contributed by atoms with Gasteiger partial charge in [0, 0.05) is 11.4 Å². The van der Waals surface area contributed by atoms with Crippen molar-refractivity contribution in [1.82, 2.24) is 4.98 Å². The van der Waals surface area contributed by atoms with Gasteiger partial charge in [-0.3, -0.25) is 9.78 Å². The van der Waals surface area contributed by atoms with E-state index in [0.29, 0.717) is 22.7 Å². The quantitative estimate of drug-likeness (QED) is 0.507. The number of amides is 1. The molecule has 4 nitrogen and oxygen atoms in total. The van der Waals surface area contributed by atoms with Crippen LogP contribution in [0.15, 0.2) is 60.7 Å². The predicted molar refractivity (Wildman–Crippen MR) is 109 cm³/mol. The summed E-state index contributed by atoms with van der Waals surface area (Å²) in [4.78, 5) is 17.0. The van der Waals surface area contributed by atoms with E-state index in [1.54, 1.807) is 37.3 Å². The van der Waals surface area contributed by atoms with Crippen molar-refractivity contribution in [3.05, 3.63) is 83.2 Å². The van der Waals surface area contributed by atoms with Crippen LogP contribution in [0.3, 0.4) is 0 Å². The van der Waals surface area contributed by atoms with Gasteiger partial charge in [0.25, 0.3) is 5.91 Å². The number of rotatable bonds is 6. The van der Waals surface area contributed by atoms with Crippen LogP contribution in [0, 0.1) is 6.92 Å². The smallest absolute Gasteiger partial charge is 0.416 e. The molecule has 1 N–H and O–H groups in total. The fraction of sp³-hybridized carbons (Fsp3) is 0.217. The molecule has 156 valence electrons. The van der Waals surface area contributed by atoms with Crippen LogP contribution in [0.1, 0.15) is 40.7 Å². The number of benzene rings is 2. The molecule has 0 aliphatic carbocycles. The topological polar surface area (TPSA) is 51.2 Å². The molecule has 2 aromatic carbocycles. The first-order valence-corrected chi connectivity index (χ1v) is 9.49. The molecule has 1 heterocycles. The number of hydrogen-bond donors (Lipinski definition) is 1. The van der Waals surface area contributed by atoms with Crippen LogP contribution >= 0.6 is 0 Å². The fourth-order valence-electron chi connectivity index (χ4n) is 2.93. The van der Waals surface area contributed by atoms with Crippen molar-refractivity contribution in [1.29, 1.82) is 0 Å². The zero-order valence-electron chi connectivity index (χ0n) is 16.6. The Morgan fingerprint density at radius 1 is 1.03 bits per heavy atom. The molecule has 1 amide bonds. The maximum atomic E-state index is 12.8. The first-order valence-electron chi connectivity index (χ1n) is 9.49. The Morgan fingerprint density at radius 2 is 1.77 bits per heavy atom. The Morgan fingerprint density at radius 3 is 2.40 bits per heavy atom. The summed E-state index contributed by atoms with van der Waals surface area (Å²) < 4.78 is 43.9. The zero-order valence-corrected chi connectivity index (χ0v) is 16.6. The number of hydrogen-bond acceptors (Lipinski definition) is 3. The molecule has 0 radical (unpaired) electrons. The highest BCUT2D eigenvalue weighted by Crippen LogP contribution is 2.32. The van der Waals surface area contributed by atoms with Crippen molar-refractivity contribution in [3.8, 4) is 11.5 Å². The van der Waals surface area contributed by atoms with Crippen LogP contribution in [0.25, 0.3) is 0 Å². The van der Waals surface area contributed by atoms with E-state index in [4.69, 9.17) is 4.74 Å². The van der Waals surface area contributed by atoms with Gasteiger partial charge < -0.3 is 10.1 Å². The van der Waals surface area contributed by atoms with Crippen molar-refractivity contribution in [2.24, 2.45) is 0 Å². The lowest BCUT2D eigenvalue weighted by atomic mass is 10.1. The van der Waals surface area contributed by atoms with Gasteiger partial charge in [0.2, 0.25) is 0 Å². The molecule has 0 saturated carbocycles. The van der Waals surface area contributed by atoms with E-state index in [2.05, 4.69) is 17.2 Å². The number of aromatic nitrogens is 1. The van der Waals surface area contributed by atoms with E-state index in [-0.39, 0.29) is 11.7 Å². The maximum absolute atomic E-state index is 12.8. The summed E-state index contributed by atoms with van der Waals surface area (Å²) in [5, 5.41) is 2.79. The minimum absolute atomic E-state index is 0.0791. The standard InChI is InChI=1S/C23H21F3N2O2/c1-3-5-17-10-13-21(15(2)27-17)22(29)28-18-8-11-19(12-9-18)30-20-7-4-6-16(14-20)23(24,25)26/h4,6-14H,3,5H2,1-2H3,(H,28,29). The highest BCUT2D eigenvalue weighted by atomic mass is 19.4.